The first-order valence-electron chi connectivity index (χ1n) is 9.33. The summed E-state index contributed by atoms with van der Waals surface area (Å²) in [7, 11) is 0. The minimum atomic E-state index is -1.14. The Morgan fingerprint density at radius 2 is 1.96 bits per heavy atom. The van der Waals surface area contributed by atoms with E-state index in [1.807, 2.05) is 6.07 Å². The van der Waals surface area contributed by atoms with Crippen LogP contribution in [0.15, 0.2) is 23.0 Å². The molecule has 2 N–H and O–H groups in total. The molecule has 0 radical (unpaired) electrons. The van der Waals surface area contributed by atoms with E-state index in [1.54, 1.807) is 19.5 Å². The van der Waals surface area contributed by atoms with Gasteiger partial charge >= 0.3 is 5.97 Å². The number of esters is 1. The van der Waals surface area contributed by atoms with Gasteiger partial charge in [0.1, 0.15) is 6.10 Å². The first-order chi connectivity index (χ1) is 11.7. The van der Waals surface area contributed by atoms with Crippen LogP contribution in [0.25, 0.3) is 0 Å². The van der Waals surface area contributed by atoms with Crippen LogP contribution in [0.1, 0.15) is 64.5 Å². The number of hydrogen-bond acceptors (Lipinski definition) is 5. The second-order valence-electron chi connectivity index (χ2n) is 8.99. The quantitative estimate of drug-likeness (QED) is 0.762. The summed E-state index contributed by atoms with van der Waals surface area (Å²) in [5.74, 6) is -0.105. The van der Waals surface area contributed by atoms with Crippen molar-refractivity contribution < 1.29 is 24.2 Å². The van der Waals surface area contributed by atoms with E-state index in [-0.39, 0.29) is 29.3 Å². The lowest BCUT2D eigenvalue weighted by Gasteiger charge is -2.64. The van der Waals surface area contributed by atoms with E-state index in [0.717, 1.165) is 24.8 Å². The summed E-state index contributed by atoms with van der Waals surface area (Å²) in [6.45, 7) is 6.04. The molecule has 138 valence electrons. The molecule has 3 fully saturated rings. The lowest BCUT2D eigenvalue weighted by Crippen LogP contribution is -2.66. The van der Waals surface area contributed by atoms with Crippen LogP contribution in [0, 0.1) is 22.7 Å². The number of hydrogen-bond donors (Lipinski definition) is 2. The largest absolute Gasteiger partial charge is 0.472 e. The number of fused-ring (bicyclic) bond motifs is 3. The monoisotopic (exact) mass is 348 g/mol. The molecule has 0 unspecified atom stereocenters. The molecule has 4 rings (SSSR count). The molecule has 1 aliphatic heterocycles. The highest BCUT2D eigenvalue weighted by atomic mass is 16.5. The van der Waals surface area contributed by atoms with Crippen molar-refractivity contribution in [2.24, 2.45) is 22.7 Å². The highest BCUT2D eigenvalue weighted by molar-refractivity contribution is 5.75. The number of rotatable bonds is 1. The highest BCUT2D eigenvalue weighted by Crippen LogP contribution is 2.66. The van der Waals surface area contributed by atoms with Crippen molar-refractivity contribution in [3.63, 3.8) is 0 Å². The maximum Gasteiger partial charge on any atom is 0.310 e. The van der Waals surface area contributed by atoms with Gasteiger partial charge in [-0.1, -0.05) is 13.8 Å². The van der Waals surface area contributed by atoms with Crippen LogP contribution >= 0.6 is 0 Å². The van der Waals surface area contributed by atoms with Crippen molar-refractivity contribution >= 4 is 5.97 Å². The molecule has 3 aliphatic rings. The molecular weight excluding hydrogens is 320 g/mol. The van der Waals surface area contributed by atoms with Crippen LogP contribution in [0.2, 0.25) is 0 Å². The summed E-state index contributed by atoms with van der Waals surface area (Å²) in [6, 6.07) is 1.85. The van der Waals surface area contributed by atoms with Gasteiger partial charge in [0.2, 0.25) is 0 Å². The Balaban J connectivity index is 1.74. The molecule has 25 heavy (non-hydrogen) atoms. The molecule has 1 aromatic rings. The van der Waals surface area contributed by atoms with Gasteiger partial charge < -0.3 is 19.4 Å². The second-order valence-corrected chi connectivity index (χ2v) is 8.99. The normalized spacial score (nSPS) is 49.9. The van der Waals surface area contributed by atoms with Crippen LogP contribution < -0.4 is 0 Å². The van der Waals surface area contributed by atoms with Crippen LogP contribution in [-0.4, -0.2) is 27.9 Å². The third-order valence-electron chi connectivity index (χ3n) is 7.93. The third-order valence-corrected chi connectivity index (χ3v) is 7.93. The van der Waals surface area contributed by atoms with Crippen molar-refractivity contribution in [1.29, 1.82) is 0 Å². The number of ether oxygens (including phenoxy) is 1. The van der Waals surface area contributed by atoms with Crippen molar-refractivity contribution in [3.05, 3.63) is 24.2 Å². The van der Waals surface area contributed by atoms with Crippen LogP contribution in [0.4, 0.5) is 0 Å². The molecule has 1 aromatic heterocycles. The fraction of sp³-hybridized carbons (Fsp3) is 0.750. The van der Waals surface area contributed by atoms with Gasteiger partial charge in [-0.05, 0) is 56.4 Å². The summed E-state index contributed by atoms with van der Waals surface area (Å²) in [5.41, 5.74) is -0.915. The SMILES string of the molecule is C[C@]12C[C@@H](c3ccoc3)OC(=O)[C@H]1CC[C@@]1(C)[C@@H]2CC[C@@H](O)[C@@]1(C)O. The summed E-state index contributed by atoms with van der Waals surface area (Å²) in [4.78, 5) is 12.8. The standard InChI is InChI=1S/C20H28O5/c1-18-10-14(12-7-9-24-11-12)25-17(22)13(18)6-8-19(2)15(18)4-5-16(21)20(19,3)23/h7,9,11,13-16,21,23H,4-6,8,10H2,1-3H3/t13-,14+,15-,16-,18+,19+,20-/m1/s1. The molecule has 0 amide bonds. The molecule has 0 aromatic carbocycles. The molecule has 5 heteroatoms. The summed E-state index contributed by atoms with van der Waals surface area (Å²) < 4.78 is 10.9. The second kappa shape index (κ2) is 5.34. The first kappa shape index (κ1) is 17.1. The zero-order valence-corrected chi connectivity index (χ0v) is 15.2. The molecule has 5 nitrogen and oxygen atoms in total. The summed E-state index contributed by atoms with van der Waals surface area (Å²) in [5, 5.41) is 21.6. The average Bonchev–Trinajstić information content (AvgIpc) is 3.06. The zero-order chi connectivity index (χ0) is 18.0. The van der Waals surface area contributed by atoms with Crippen LogP contribution in [0.5, 0.6) is 0 Å². The Bertz CT molecular complexity index is 666. The van der Waals surface area contributed by atoms with Crippen molar-refractivity contribution in [3.8, 4) is 0 Å². The molecule has 2 heterocycles. The van der Waals surface area contributed by atoms with Gasteiger partial charge in [-0.25, -0.2) is 0 Å². The Hall–Kier alpha value is -1.33. The van der Waals surface area contributed by atoms with Crippen molar-refractivity contribution in [1.82, 2.24) is 0 Å². The number of cyclic esters (lactones) is 1. The highest BCUT2D eigenvalue weighted by Gasteiger charge is 2.66. The zero-order valence-electron chi connectivity index (χ0n) is 15.2. The average molecular weight is 348 g/mol. The Morgan fingerprint density at radius 3 is 2.64 bits per heavy atom. The number of carbonyl (C=O) groups excluding carboxylic acids is 1. The molecule has 1 saturated heterocycles. The van der Waals surface area contributed by atoms with Gasteiger partial charge in [0, 0.05) is 11.0 Å². The molecule has 7 atom stereocenters. The maximum atomic E-state index is 12.8. The molecular formula is C20H28O5. The maximum absolute atomic E-state index is 12.8. The Labute approximate surface area is 148 Å². The number of aliphatic hydroxyl groups is 2. The van der Waals surface area contributed by atoms with Crippen LogP contribution in [-0.2, 0) is 9.53 Å². The minimum Gasteiger partial charge on any atom is -0.472 e. The molecule has 2 aliphatic carbocycles. The van der Waals surface area contributed by atoms with E-state index >= 15 is 0 Å². The smallest absolute Gasteiger partial charge is 0.310 e. The predicted molar refractivity (Wildman–Crippen MR) is 90.5 cm³/mol. The molecule has 2 saturated carbocycles. The van der Waals surface area contributed by atoms with Gasteiger partial charge in [-0.2, -0.15) is 0 Å². The van der Waals surface area contributed by atoms with E-state index in [0.29, 0.717) is 12.8 Å². The fourth-order valence-corrected chi connectivity index (χ4v) is 6.14. The first-order valence-corrected chi connectivity index (χ1v) is 9.33. The van der Waals surface area contributed by atoms with Gasteiger partial charge in [-0.15, -0.1) is 0 Å². The molecule has 0 bridgehead atoms. The number of furan rings is 1. The Morgan fingerprint density at radius 1 is 1.20 bits per heavy atom. The van der Waals surface area contributed by atoms with Crippen molar-refractivity contribution in [2.45, 2.75) is 70.7 Å². The van der Waals surface area contributed by atoms with Crippen LogP contribution in [0.3, 0.4) is 0 Å². The van der Waals surface area contributed by atoms with E-state index in [4.69, 9.17) is 9.15 Å². The van der Waals surface area contributed by atoms with Gasteiger partial charge in [0.25, 0.3) is 0 Å². The minimum absolute atomic E-state index is 0.132. The van der Waals surface area contributed by atoms with Gasteiger partial charge in [0.15, 0.2) is 0 Å². The number of carbonyl (C=O) groups is 1. The van der Waals surface area contributed by atoms with Gasteiger partial charge in [0.05, 0.1) is 30.1 Å². The topological polar surface area (TPSA) is 79.9 Å². The fourth-order valence-electron chi connectivity index (χ4n) is 6.14. The lowest BCUT2D eigenvalue weighted by molar-refractivity contribution is -0.251. The Kier molecular flexibility index (Phi) is 3.65. The predicted octanol–water partition coefficient (Wildman–Crippen LogP) is 3.21. The summed E-state index contributed by atoms with van der Waals surface area (Å²) >= 11 is 0. The van der Waals surface area contributed by atoms with E-state index in [9.17, 15) is 15.0 Å². The third kappa shape index (κ3) is 2.18. The van der Waals surface area contributed by atoms with E-state index < -0.39 is 17.1 Å². The lowest BCUT2D eigenvalue weighted by atomic mass is 9.42. The van der Waals surface area contributed by atoms with E-state index in [2.05, 4.69) is 13.8 Å². The van der Waals surface area contributed by atoms with Gasteiger partial charge in [-0.3, -0.25) is 4.79 Å². The van der Waals surface area contributed by atoms with Crippen molar-refractivity contribution in [2.75, 3.05) is 0 Å². The molecule has 0 spiro atoms. The number of aliphatic hydroxyl groups excluding tert-OH is 1. The summed E-state index contributed by atoms with van der Waals surface area (Å²) in [6.07, 6.45) is 5.79. The van der Waals surface area contributed by atoms with E-state index in [1.165, 1.54) is 0 Å².